The zero-order chi connectivity index (χ0) is 29.1. The van der Waals surface area contributed by atoms with Crippen molar-refractivity contribution in [2.75, 3.05) is 26.2 Å². The van der Waals surface area contributed by atoms with Crippen LogP contribution in [-0.4, -0.2) is 62.2 Å². The summed E-state index contributed by atoms with van der Waals surface area (Å²) in [6.45, 7) is 2.74. The summed E-state index contributed by atoms with van der Waals surface area (Å²) in [4.78, 5) is 0. The number of rotatable bonds is 26. The maximum absolute atomic E-state index is 7.44. The molecular weight excluding hydrogens is 496 g/mol. The summed E-state index contributed by atoms with van der Waals surface area (Å²) in [7, 11) is 0. The molecule has 39 heavy (non-hydrogen) atoms. The largest absolute Gasteiger partial charge is 0.375 e. The Bertz CT molecular complexity index is 607. The molecule has 0 aromatic heterocycles. The monoisotopic (exact) mass is 554 g/mol. The molecule has 0 aliphatic rings. The van der Waals surface area contributed by atoms with Crippen molar-refractivity contribution in [2.24, 2.45) is 22.9 Å². The highest BCUT2D eigenvalue weighted by Gasteiger charge is 2.17. The average molecular weight is 555 g/mol. The summed E-state index contributed by atoms with van der Waals surface area (Å²) < 4.78 is 6.60. The zero-order valence-corrected chi connectivity index (χ0v) is 24.0. The van der Waals surface area contributed by atoms with Gasteiger partial charge in [0.05, 0.1) is 12.2 Å². The molecule has 0 aliphatic heterocycles. The zero-order valence-electron chi connectivity index (χ0n) is 24.0. The Morgan fingerprint density at radius 1 is 0.410 bits per heavy atom. The molecule has 0 rings (SSSR count). The Balaban J connectivity index is 4.50. The van der Waals surface area contributed by atoms with Crippen LogP contribution >= 0.6 is 0 Å². The lowest BCUT2D eigenvalue weighted by Crippen LogP contribution is -2.35. The number of guanidine groups is 4. The van der Waals surface area contributed by atoms with E-state index >= 15 is 0 Å². The molecule has 0 radical (unpaired) electrons. The van der Waals surface area contributed by atoms with Gasteiger partial charge in [-0.1, -0.05) is 64.2 Å². The summed E-state index contributed by atoms with van der Waals surface area (Å²) in [5.41, 5.74) is 21.6. The first-order chi connectivity index (χ1) is 18.7. The van der Waals surface area contributed by atoms with Gasteiger partial charge in [0, 0.05) is 26.2 Å². The van der Waals surface area contributed by atoms with Crippen LogP contribution in [0, 0.1) is 21.6 Å². The molecular formula is C26H58N12O. The van der Waals surface area contributed by atoms with Crippen LogP contribution < -0.4 is 44.2 Å². The molecule has 2 atom stereocenters. The first kappa shape index (κ1) is 36.0. The summed E-state index contributed by atoms with van der Waals surface area (Å²) >= 11 is 0. The third-order valence-electron chi connectivity index (χ3n) is 6.49. The molecule has 0 saturated heterocycles. The van der Waals surface area contributed by atoms with Crippen LogP contribution in [0.2, 0.25) is 0 Å². The van der Waals surface area contributed by atoms with Crippen molar-refractivity contribution < 1.29 is 4.74 Å². The highest BCUT2D eigenvalue weighted by Crippen LogP contribution is 2.19. The van der Waals surface area contributed by atoms with Crippen LogP contribution in [0.25, 0.3) is 0 Å². The minimum absolute atomic E-state index is 0.0210. The van der Waals surface area contributed by atoms with E-state index in [0.717, 1.165) is 90.1 Å². The van der Waals surface area contributed by atoms with E-state index in [-0.39, 0.29) is 36.0 Å². The van der Waals surface area contributed by atoms with E-state index in [1.807, 2.05) is 0 Å². The van der Waals surface area contributed by atoms with E-state index in [1.54, 1.807) is 0 Å². The second-order valence-corrected chi connectivity index (χ2v) is 10.1. The molecule has 0 bridgehead atoms. The predicted molar refractivity (Wildman–Crippen MR) is 162 cm³/mol. The summed E-state index contributed by atoms with van der Waals surface area (Å²) in [6, 6.07) is 0. The van der Waals surface area contributed by atoms with Gasteiger partial charge >= 0.3 is 0 Å². The quantitative estimate of drug-likeness (QED) is 0.0422. The van der Waals surface area contributed by atoms with Crippen molar-refractivity contribution in [3.05, 3.63) is 0 Å². The molecule has 0 heterocycles. The predicted octanol–water partition coefficient (Wildman–Crippen LogP) is 1.91. The molecule has 0 saturated carbocycles. The SMILES string of the molecule is N=C(N)NCCCCCCCCC(CCNC(=N)N)OC(CCCCCCCCNC(=N)N)CCNC(=N)N. The van der Waals surface area contributed by atoms with Crippen LogP contribution in [0.15, 0.2) is 0 Å². The van der Waals surface area contributed by atoms with Gasteiger partial charge in [0.15, 0.2) is 23.8 Å². The van der Waals surface area contributed by atoms with Crippen molar-refractivity contribution >= 4 is 23.8 Å². The molecule has 13 heteroatoms. The minimum atomic E-state index is -0.0210. The van der Waals surface area contributed by atoms with Gasteiger partial charge in [-0.2, -0.15) is 0 Å². The molecule has 0 aliphatic carbocycles. The van der Waals surface area contributed by atoms with Crippen molar-refractivity contribution in [1.82, 2.24) is 21.3 Å². The van der Waals surface area contributed by atoms with Gasteiger partial charge < -0.3 is 48.9 Å². The lowest BCUT2D eigenvalue weighted by Gasteiger charge is -2.26. The van der Waals surface area contributed by atoms with Crippen LogP contribution in [0.1, 0.15) is 103 Å². The minimum Gasteiger partial charge on any atom is -0.375 e. The fourth-order valence-corrected chi connectivity index (χ4v) is 4.42. The number of nitrogens with one attached hydrogen (secondary N) is 8. The topological polar surface area (TPSA) is 257 Å². The average Bonchev–Trinajstić information content (AvgIpc) is 2.85. The van der Waals surface area contributed by atoms with Crippen molar-refractivity contribution in [1.29, 1.82) is 21.6 Å². The van der Waals surface area contributed by atoms with Gasteiger partial charge in [-0.15, -0.1) is 0 Å². The summed E-state index contributed by atoms with van der Waals surface area (Å²) in [6.07, 6.45) is 17.2. The fraction of sp³-hybridized carbons (Fsp3) is 0.846. The normalized spacial score (nSPS) is 12.3. The highest BCUT2D eigenvalue weighted by atomic mass is 16.5. The number of hydrogen-bond donors (Lipinski definition) is 12. The Morgan fingerprint density at radius 2 is 0.692 bits per heavy atom. The first-order valence-electron chi connectivity index (χ1n) is 14.7. The smallest absolute Gasteiger partial charge is 0.185 e. The maximum Gasteiger partial charge on any atom is 0.185 e. The number of unbranched alkanes of at least 4 members (excludes halogenated alkanes) is 10. The van der Waals surface area contributed by atoms with E-state index in [2.05, 4.69) is 21.3 Å². The van der Waals surface area contributed by atoms with E-state index in [1.165, 1.54) is 25.7 Å². The molecule has 0 spiro atoms. The Labute approximate surface area is 235 Å². The van der Waals surface area contributed by atoms with Crippen LogP contribution in [0.5, 0.6) is 0 Å². The van der Waals surface area contributed by atoms with Crippen LogP contribution in [0.3, 0.4) is 0 Å². The van der Waals surface area contributed by atoms with Crippen molar-refractivity contribution in [2.45, 2.75) is 115 Å². The third kappa shape index (κ3) is 27.9. The molecule has 0 amide bonds. The van der Waals surface area contributed by atoms with Crippen LogP contribution in [-0.2, 0) is 4.74 Å². The number of hydrogen-bond acceptors (Lipinski definition) is 5. The van der Waals surface area contributed by atoms with Gasteiger partial charge in [-0.05, 0) is 38.5 Å². The van der Waals surface area contributed by atoms with Crippen molar-refractivity contribution in [3.8, 4) is 0 Å². The molecule has 228 valence electrons. The number of nitrogens with two attached hydrogens (primary N) is 4. The van der Waals surface area contributed by atoms with Crippen LogP contribution in [0.4, 0.5) is 0 Å². The van der Waals surface area contributed by atoms with E-state index in [4.69, 9.17) is 49.3 Å². The highest BCUT2D eigenvalue weighted by molar-refractivity contribution is 5.75. The van der Waals surface area contributed by atoms with Gasteiger partial charge in [-0.3, -0.25) is 21.6 Å². The summed E-state index contributed by atoms with van der Waals surface area (Å²) in [5.74, 6) is 0.0245. The Kier molecular flexibility index (Phi) is 23.4. The molecule has 0 aromatic rings. The van der Waals surface area contributed by atoms with E-state index in [9.17, 15) is 0 Å². The molecule has 2 unspecified atom stereocenters. The Hall–Kier alpha value is -2.96. The fourth-order valence-electron chi connectivity index (χ4n) is 4.42. The first-order valence-corrected chi connectivity index (χ1v) is 14.7. The van der Waals surface area contributed by atoms with Gasteiger partial charge in [0.25, 0.3) is 0 Å². The molecule has 0 fully saturated rings. The second kappa shape index (κ2) is 25.3. The molecule has 0 aromatic carbocycles. The molecule has 16 N–H and O–H groups in total. The lowest BCUT2D eigenvalue weighted by atomic mass is 10.0. The summed E-state index contributed by atoms with van der Waals surface area (Å²) in [5, 5.41) is 40.7. The van der Waals surface area contributed by atoms with E-state index < -0.39 is 0 Å². The third-order valence-corrected chi connectivity index (χ3v) is 6.49. The van der Waals surface area contributed by atoms with Gasteiger partial charge in [0.1, 0.15) is 0 Å². The number of ether oxygens (including phenoxy) is 1. The van der Waals surface area contributed by atoms with Gasteiger partial charge in [0.2, 0.25) is 0 Å². The Morgan fingerprint density at radius 3 is 1.03 bits per heavy atom. The second-order valence-electron chi connectivity index (χ2n) is 10.1. The van der Waals surface area contributed by atoms with Gasteiger partial charge in [-0.25, -0.2) is 0 Å². The molecule has 13 nitrogen and oxygen atoms in total. The lowest BCUT2D eigenvalue weighted by molar-refractivity contribution is -0.0288. The maximum atomic E-state index is 7.44. The standard InChI is InChI=1S/C26H58N12O/c27-23(28)35-17-11-7-3-1-5-9-13-21(15-19-37-25(31)32)39-22(16-20-38-26(33)34)14-10-6-2-4-8-12-18-36-24(29)30/h21-22H,1-20H2,(H4,27,28,35)(H4,29,30,36)(H4,31,32,37)(H4,33,34,38). The van der Waals surface area contributed by atoms with Crippen molar-refractivity contribution in [3.63, 3.8) is 0 Å². The van der Waals surface area contributed by atoms with E-state index in [0.29, 0.717) is 13.1 Å².